The number of hydrogen-bond acceptors (Lipinski definition) is 6. The van der Waals surface area contributed by atoms with Crippen molar-refractivity contribution in [3.8, 4) is 0 Å². The summed E-state index contributed by atoms with van der Waals surface area (Å²) in [4.78, 5) is 32.0. The molecular formula is C26H31N5O2. The smallest absolute Gasteiger partial charge is 0.260 e. The molecule has 2 saturated heterocycles. The summed E-state index contributed by atoms with van der Waals surface area (Å²) in [6, 6.07) is 15.5. The van der Waals surface area contributed by atoms with E-state index >= 15 is 0 Å². The first-order chi connectivity index (χ1) is 16.2. The van der Waals surface area contributed by atoms with Crippen LogP contribution in [-0.4, -0.2) is 74.0 Å². The molecule has 3 heterocycles. The quantitative estimate of drug-likeness (QED) is 0.526. The van der Waals surface area contributed by atoms with Crippen LogP contribution in [0.15, 0.2) is 54.7 Å². The van der Waals surface area contributed by atoms with Crippen LogP contribution in [-0.2, 0) is 4.79 Å². The fourth-order valence-electron chi connectivity index (χ4n) is 4.86. The average Bonchev–Trinajstić information content (AvgIpc) is 3.37. The summed E-state index contributed by atoms with van der Waals surface area (Å²) >= 11 is 0. The largest absolute Gasteiger partial charge is 0.369 e. The second-order valence-electron chi connectivity index (χ2n) is 8.96. The van der Waals surface area contributed by atoms with Crippen molar-refractivity contribution in [3.05, 3.63) is 65.9 Å². The highest BCUT2D eigenvalue weighted by Crippen LogP contribution is 2.25. The molecule has 2 aromatic rings. The van der Waals surface area contributed by atoms with Gasteiger partial charge < -0.3 is 15.1 Å². The maximum Gasteiger partial charge on any atom is 0.260 e. The highest BCUT2D eigenvalue weighted by Gasteiger charge is 2.26. The highest BCUT2D eigenvalue weighted by atomic mass is 16.2. The summed E-state index contributed by atoms with van der Waals surface area (Å²) in [5, 5.41) is 5.62. The zero-order chi connectivity index (χ0) is 22.6. The second kappa shape index (κ2) is 9.77. The molecule has 3 aliphatic rings. The topological polar surface area (TPSA) is 67.9 Å². The van der Waals surface area contributed by atoms with Crippen molar-refractivity contribution in [2.24, 2.45) is 0 Å². The van der Waals surface area contributed by atoms with Crippen molar-refractivity contribution in [1.82, 2.24) is 15.1 Å². The molecule has 2 aromatic carbocycles. The number of nitrogens with zero attached hydrogens (tertiary/aromatic N) is 3. The van der Waals surface area contributed by atoms with E-state index in [9.17, 15) is 9.59 Å². The average molecular weight is 446 g/mol. The lowest BCUT2D eigenvalue weighted by molar-refractivity contribution is -0.114. The van der Waals surface area contributed by atoms with Gasteiger partial charge in [0, 0.05) is 68.0 Å². The van der Waals surface area contributed by atoms with E-state index in [0.29, 0.717) is 16.7 Å². The maximum absolute atomic E-state index is 12.3. The van der Waals surface area contributed by atoms with Gasteiger partial charge in [0.1, 0.15) is 0 Å². The van der Waals surface area contributed by atoms with E-state index in [1.165, 1.54) is 44.7 Å². The van der Waals surface area contributed by atoms with Gasteiger partial charge in [-0.3, -0.25) is 19.8 Å². The molecule has 0 atom stereocenters. The zero-order valence-electron chi connectivity index (χ0n) is 18.9. The lowest BCUT2D eigenvalue weighted by Gasteiger charge is -2.36. The predicted octanol–water partition coefficient (Wildman–Crippen LogP) is 2.63. The fourth-order valence-corrected chi connectivity index (χ4v) is 4.86. The molecule has 7 heteroatoms. The minimum Gasteiger partial charge on any atom is -0.369 e. The molecule has 0 bridgehead atoms. The van der Waals surface area contributed by atoms with E-state index in [1.54, 1.807) is 24.4 Å². The van der Waals surface area contributed by atoms with Gasteiger partial charge in [-0.1, -0.05) is 18.2 Å². The molecule has 0 saturated carbocycles. The van der Waals surface area contributed by atoms with Crippen molar-refractivity contribution < 1.29 is 9.59 Å². The van der Waals surface area contributed by atoms with Gasteiger partial charge in [-0.25, -0.2) is 0 Å². The lowest BCUT2D eigenvalue weighted by Crippen LogP contribution is -2.48. The molecule has 5 rings (SSSR count). The Bertz CT molecular complexity index is 1030. The first-order valence-electron chi connectivity index (χ1n) is 11.9. The fraction of sp³-hybridized carbons (Fsp3) is 0.385. The number of rotatable bonds is 6. The molecule has 0 spiro atoms. The van der Waals surface area contributed by atoms with Gasteiger partial charge in [0.25, 0.3) is 11.8 Å². The van der Waals surface area contributed by atoms with Crippen molar-refractivity contribution in [3.63, 3.8) is 0 Å². The number of carbonyl (C=O) groups is 2. The third kappa shape index (κ3) is 4.94. The molecule has 0 aromatic heterocycles. The van der Waals surface area contributed by atoms with Crippen LogP contribution in [0.5, 0.6) is 0 Å². The Morgan fingerprint density at radius 3 is 2.09 bits per heavy atom. The van der Waals surface area contributed by atoms with Gasteiger partial charge in [-0.15, -0.1) is 0 Å². The van der Waals surface area contributed by atoms with Gasteiger partial charge in [0.15, 0.2) is 0 Å². The molecule has 3 aliphatic heterocycles. The van der Waals surface area contributed by atoms with Crippen LogP contribution in [0.4, 0.5) is 11.4 Å². The summed E-state index contributed by atoms with van der Waals surface area (Å²) in [6.45, 7) is 9.21. The Hall–Kier alpha value is -3.16. The molecule has 172 valence electrons. The van der Waals surface area contributed by atoms with E-state index in [2.05, 4.69) is 37.5 Å². The summed E-state index contributed by atoms with van der Waals surface area (Å²) in [5.74, 6) is -0.737. The third-order valence-corrected chi connectivity index (χ3v) is 6.85. The minimum absolute atomic E-state index is 0.353. The molecule has 2 N–H and O–H groups in total. The standard InChI is InChI=1S/C26H31N5O2/c32-25-23-6-2-1-5-22(23)24(26(33)28-25)19-27-20-7-9-21(10-8-20)31-17-15-30(16-18-31)14-13-29-11-3-4-12-29/h1-2,5-10,19,27H,3-4,11-18H2,(H,28,32,33)/b24-19+. The third-order valence-electron chi connectivity index (χ3n) is 6.85. The number of likely N-dealkylation sites (tertiary alicyclic amines) is 1. The number of benzene rings is 2. The number of anilines is 2. The molecular weight excluding hydrogens is 414 g/mol. The normalized spacial score (nSPS) is 20.7. The number of carbonyl (C=O) groups excluding carboxylic acids is 2. The predicted molar refractivity (Wildman–Crippen MR) is 131 cm³/mol. The number of hydrogen-bond donors (Lipinski definition) is 2. The van der Waals surface area contributed by atoms with Crippen LogP contribution < -0.4 is 15.5 Å². The van der Waals surface area contributed by atoms with E-state index in [0.717, 1.165) is 31.9 Å². The number of piperazine rings is 1. The molecule has 2 amide bonds. The van der Waals surface area contributed by atoms with Crippen LogP contribution in [0, 0.1) is 0 Å². The van der Waals surface area contributed by atoms with E-state index in [1.807, 2.05) is 18.2 Å². The highest BCUT2D eigenvalue weighted by molar-refractivity contribution is 6.31. The summed E-state index contributed by atoms with van der Waals surface area (Å²) in [6.07, 6.45) is 4.39. The van der Waals surface area contributed by atoms with Gasteiger partial charge in [0.2, 0.25) is 0 Å². The zero-order valence-corrected chi connectivity index (χ0v) is 18.9. The number of imide groups is 1. The van der Waals surface area contributed by atoms with Crippen LogP contribution in [0.1, 0.15) is 28.8 Å². The second-order valence-corrected chi connectivity index (χ2v) is 8.96. The number of nitrogens with one attached hydrogen (secondary N) is 2. The Morgan fingerprint density at radius 2 is 1.39 bits per heavy atom. The Kier molecular flexibility index (Phi) is 6.41. The Morgan fingerprint density at radius 1 is 0.758 bits per heavy atom. The van der Waals surface area contributed by atoms with E-state index in [4.69, 9.17) is 0 Å². The van der Waals surface area contributed by atoms with Crippen molar-refractivity contribution >= 4 is 28.8 Å². The lowest BCUT2D eigenvalue weighted by atomic mass is 9.96. The molecule has 7 nitrogen and oxygen atoms in total. The Labute approximate surface area is 195 Å². The van der Waals surface area contributed by atoms with Gasteiger partial charge >= 0.3 is 0 Å². The first kappa shape index (κ1) is 21.7. The van der Waals surface area contributed by atoms with Gasteiger partial charge in [-0.2, -0.15) is 0 Å². The van der Waals surface area contributed by atoms with Gasteiger partial charge in [0.05, 0.1) is 5.57 Å². The number of amides is 2. The maximum atomic E-state index is 12.3. The SMILES string of the molecule is O=C1NC(=O)c2ccccc2/C1=C\Nc1ccc(N2CCN(CCN3CCCC3)CC2)cc1. The van der Waals surface area contributed by atoms with Crippen molar-refractivity contribution in [2.45, 2.75) is 12.8 Å². The van der Waals surface area contributed by atoms with Crippen molar-refractivity contribution in [2.75, 3.05) is 62.6 Å². The molecule has 0 unspecified atom stereocenters. The van der Waals surface area contributed by atoms with E-state index < -0.39 is 0 Å². The summed E-state index contributed by atoms with van der Waals surface area (Å²) in [7, 11) is 0. The monoisotopic (exact) mass is 445 g/mol. The molecule has 0 aliphatic carbocycles. The summed E-state index contributed by atoms with van der Waals surface area (Å²) in [5.41, 5.74) is 3.74. The van der Waals surface area contributed by atoms with Crippen LogP contribution in [0.25, 0.3) is 5.57 Å². The van der Waals surface area contributed by atoms with Crippen LogP contribution in [0.2, 0.25) is 0 Å². The van der Waals surface area contributed by atoms with Crippen molar-refractivity contribution in [1.29, 1.82) is 0 Å². The van der Waals surface area contributed by atoms with Crippen LogP contribution >= 0.6 is 0 Å². The molecule has 2 fully saturated rings. The molecule has 33 heavy (non-hydrogen) atoms. The minimum atomic E-state index is -0.384. The van der Waals surface area contributed by atoms with E-state index in [-0.39, 0.29) is 11.8 Å². The Balaban J connectivity index is 1.16. The number of fused-ring (bicyclic) bond motifs is 1. The molecule has 0 radical (unpaired) electrons. The summed E-state index contributed by atoms with van der Waals surface area (Å²) < 4.78 is 0. The van der Waals surface area contributed by atoms with Crippen LogP contribution in [0.3, 0.4) is 0 Å². The van der Waals surface area contributed by atoms with Gasteiger partial charge in [-0.05, 0) is 56.3 Å². The first-order valence-corrected chi connectivity index (χ1v) is 11.9.